The molecule has 0 bridgehead atoms. The number of nitrogens with zero attached hydrogens (tertiary/aromatic N) is 3. The van der Waals surface area contributed by atoms with Crippen molar-refractivity contribution in [1.29, 1.82) is 0 Å². The summed E-state index contributed by atoms with van der Waals surface area (Å²) in [5.74, 6) is 1.50. The largest absolute Gasteiger partial charge is 0.444 e. The minimum absolute atomic E-state index is 0.0911. The summed E-state index contributed by atoms with van der Waals surface area (Å²) in [7, 11) is 0. The lowest BCUT2D eigenvalue weighted by Crippen LogP contribution is -2.40. The van der Waals surface area contributed by atoms with Crippen molar-refractivity contribution in [2.75, 3.05) is 18.0 Å². The van der Waals surface area contributed by atoms with Crippen LogP contribution in [-0.4, -0.2) is 40.8 Å². The molecule has 1 aromatic rings. The van der Waals surface area contributed by atoms with Crippen LogP contribution in [0, 0.1) is 5.92 Å². The summed E-state index contributed by atoms with van der Waals surface area (Å²) in [4.78, 5) is 22.7. The predicted octanol–water partition coefficient (Wildman–Crippen LogP) is 2.78. The van der Waals surface area contributed by atoms with E-state index in [2.05, 4.69) is 40.1 Å². The molecule has 1 unspecified atom stereocenters. The molecule has 1 saturated heterocycles. The molecule has 128 valence electrons. The first-order chi connectivity index (χ1) is 10.7. The molecule has 2 heterocycles. The van der Waals surface area contributed by atoms with Crippen LogP contribution in [0.5, 0.6) is 0 Å². The number of hydrogen-bond donors (Lipinski definition) is 1. The molecule has 1 aromatic heterocycles. The molecule has 0 saturated carbocycles. The van der Waals surface area contributed by atoms with Crippen molar-refractivity contribution < 1.29 is 9.53 Å². The Morgan fingerprint density at radius 2 is 2.17 bits per heavy atom. The number of hydrogen-bond acceptors (Lipinski definition) is 5. The number of anilines is 1. The number of ether oxygens (including phenoxy) is 1. The lowest BCUT2D eigenvalue weighted by Gasteiger charge is -2.22. The Balaban J connectivity index is 1.91. The Bertz CT molecular complexity index is 540. The smallest absolute Gasteiger partial charge is 0.407 e. The van der Waals surface area contributed by atoms with Crippen molar-refractivity contribution in [3.8, 4) is 0 Å². The van der Waals surface area contributed by atoms with E-state index in [9.17, 15) is 4.79 Å². The molecular weight excluding hydrogens is 292 g/mol. The Morgan fingerprint density at radius 1 is 1.43 bits per heavy atom. The summed E-state index contributed by atoms with van der Waals surface area (Å²) in [6, 6.07) is 2.14. The van der Waals surface area contributed by atoms with Crippen LogP contribution < -0.4 is 10.2 Å². The van der Waals surface area contributed by atoms with Crippen LogP contribution in [0.25, 0.3) is 0 Å². The topological polar surface area (TPSA) is 67.4 Å². The molecule has 0 aromatic carbocycles. The minimum Gasteiger partial charge on any atom is -0.444 e. The molecule has 1 amide bonds. The number of alkyl carbamates (subject to hydrolysis) is 1. The third-order valence-corrected chi connectivity index (χ3v) is 3.56. The molecule has 1 aliphatic heterocycles. The van der Waals surface area contributed by atoms with Crippen LogP contribution >= 0.6 is 0 Å². The second kappa shape index (κ2) is 7.15. The maximum Gasteiger partial charge on any atom is 0.407 e. The fraction of sp³-hybridized carbons (Fsp3) is 0.706. The number of amides is 1. The molecule has 0 spiro atoms. The number of carbonyl (C=O) groups is 1. The van der Waals surface area contributed by atoms with Crippen LogP contribution in [-0.2, 0) is 11.2 Å². The third kappa shape index (κ3) is 5.69. The first kappa shape index (κ1) is 17.5. The van der Waals surface area contributed by atoms with Crippen molar-refractivity contribution in [2.24, 2.45) is 5.92 Å². The van der Waals surface area contributed by atoms with Gasteiger partial charge in [0.1, 0.15) is 17.7 Å². The van der Waals surface area contributed by atoms with Gasteiger partial charge in [-0.2, -0.15) is 0 Å². The molecule has 1 aliphatic rings. The van der Waals surface area contributed by atoms with Gasteiger partial charge in [0, 0.05) is 24.8 Å². The van der Waals surface area contributed by atoms with Crippen LogP contribution in [0.4, 0.5) is 10.6 Å². The van der Waals surface area contributed by atoms with Crippen molar-refractivity contribution in [3.63, 3.8) is 0 Å². The summed E-state index contributed by atoms with van der Waals surface area (Å²) < 4.78 is 5.31. The van der Waals surface area contributed by atoms with Crippen LogP contribution in [0.15, 0.2) is 12.4 Å². The van der Waals surface area contributed by atoms with Gasteiger partial charge in [0.15, 0.2) is 0 Å². The van der Waals surface area contributed by atoms with Gasteiger partial charge in [-0.25, -0.2) is 14.8 Å². The molecule has 6 heteroatoms. The van der Waals surface area contributed by atoms with Crippen molar-refractivity contribution in [2.45, 2.75) is 59.1 Å². The standard InChI is InChI=1S/C17H28N4O2/c1-12(2)8-14-9-15(19-11-18-14)21-7-6-13(10-21)20-16(22)23-17(3,4)5/h9,11-13H,6-8,10H2,1-5H3,(H,20,22). The summed E-state index contributed by atoms with van der Waals surface area (Å²) in [5.41, 5.74) is 0.592. The van der Waals surface area contributed by atoms with E-state index in [1.807, 2.05) is 20.8 Å². The van der Waals surface area contributed by atoms with Crippen molar-refractivity contribution in [1.82, 2.24) is 15.3 Å². The Morgan fingerprint density at radius 3 is 2.83 bits per heavy atom. The second-order valence-electron chi connectivity index (χ2n) is 7.54. The summed E-state index contributed by atoms with van der Waals surface area (Å²) >= 11 is 0. The van der Waals surface area contributed by atoms with Crippen LogP contribution in [0.2, 0.25) is 0 Å². The molecule has 1 N–H and O–H groups in total. The fourth-order valence-electron chi connectivity index (χ4n) is 2.65. The Hall–Kier alpha value is -1.85. The minimum atomic E-state index is -0.471. The van der Waals surface area contributed by atoms with Gasteiger partial charge < -0.3 is 15.0 Å². The SMILES string of the molecule is CC(C)Cc1cc(N2CCC(NC(=O)OC(C)(C)C)C2)ncn1. The van der Waals surface area contributed by atoms with E-state index in [1.54, 1.807) is 6.33 Å². The average Bonchev–Trinajstić information content (AvgIpc) is 2.84. The normalized spacial score (nSPS) is 18.3. The first-order valence-corrected chi connectivity index (χ1v) is 8.28. The quantitative estimate of drug-likeness (QED) is 0.924. The Labute approximate surface area is 138 Å². The maximum atomic E-state index is 11.9. The summed E-state index contributed by atoms with van der Waals surface area (Å²) in [6.07, 6.45) is 3.11. The van der Waals surface area contributed by atoms with Gasteiger partial charge in [-0.1, -0.05) is 13.8 Å². The zero-order chi connectivity index (χ0) is 17.0. The molecule has 1 atom stereocenters. The highest BCUT2D eigenvalue weighted by molar-refractivity contribution is 5.68. The van der Waals surface area contributed by atoms with E-state index in [1.165, 1.54) is 0 Å². The average molecular weight is 320 g/mol. The number of carbonyl (C=O) groups excluding carboxylic acids is 1. The van der Waals surface area contributed by atoms with Crippen molar-refractivity contribution >= 4 is 11.9 Å². The number of nitrogens with one attached hydrogen (secondary N) is 1. The van der Waals surface area contributed by atoms with Gasteiger partial charge >= 0.3 is 6.09 Å². The molecule has 6 nitrogen and oxygen atoms in total. The van der Waals surface area contributed by atoms with Gasteiger partial charge in [-0.3, -0.25) is 0 Å². The van der Waals surface area contributed by atoms with Gasteiger partial charge in [-0.05, 0) is 39.5 Å². The van der Waals surface area contributed by atoms with E-state index < -0.39 is 5.60 Å². The molecule has 1 fully saturated rings. The lowest BCUT2D eigenvalue weighted by atomic mass is 10.1. The monoisotopic (exact) mass is 320 g/mol. The zero-order valence-corrected chi connectivity index (χ0v) is 14.8. The van der Waals surface area contributed by atoms with Gasteiger partial charge in [0.25, 0.3) is 0 Å². The Kier molecular flexibility index (Phi) is 5.44. The molecule has 0 aliphatic carbocycles. The summed E-state index contributed by atoms with van der Waals surface area (Å²) in [5, 5.41) is 2.94. The van der Waals surface area contributed by atoms with Crippen LogP contribution in [0.3, 0.4) is 0 Å². The molecule has 0 radical (unpaired) electrons. The van der Waals surface area contributed by atoms with Crippen LogP contribution in [0.1, 0.15) is 46.7 Å². The zero-order valence-electron chi connectivity index (χ0n) is 14.8. The van der Waals surface area contributed by atoms with E-state index in [4.69, 9.17) is 4.74 Å². The lowest BCUT2D eigenvalue weighted by molar-refractivity contribution is 0.0509. The first-order valence-electron chi connectivity index (χ1n) is 8.28. The third-order valence-electron chi connectivity index (χ3n) is 3.56. The predicted molar refractivity (Wildman–Crippen MR) is 90.6 cm³/mol. The van der Waals surface area contributed by atoms with E-state index in [-0.39, 0.29) is 12.1 Å². The fourth-order valence-corrected chi connectivity index (χ4v) is 2.65. The molecule has 2 rings (SSSR count). The van der Waals surface area contributed by atoms with Gasteiger partial charge in [0.2, 0.25) is 0 Å². The van der Waals surface area contributed by atoms with Gasteiger partial charge in [-0.15, -0.1) is 0 Å². The van der Waals surface area contributed by atoms with Gasteiger partial charge in [0.05, 0.1) is 6.04 Å². The second-order valence-corrected chi connectivity index (χ2v) is 7.54. The van der Waals surface area contributed by atoms with E-state index in [0.717, 1.165) is 37.4 Å². The number of rotatable bonds is 4. The highest BCUT2D eigenvalue weighted by Gasteiger charge is 2.27. The van der Waals surface area contributed by atoms with E-state index in [0.29, 0.717) is 5.92 Å². The molecular formula is C17H28N4O2. The highest BCUT2D eigenvalue weighted by Crippen LogP contribution is 2.19. The molecule has 23 heavy (non-hydrogen) atoms. The van der Waals surface area contributed by atoms with Crippen molar-refractivity contribution in [3.05, 3.63) is 18.1 Å². The maximum absolute atomic E-state index is 11.9. The van der Waals surface area contributed by atoms with E-state index >= 15 is 0 Å². The highest BCUT2D eigenvalue weighted by atomic mass is 16.6. The number of aromatic nitrogens is 2. The summed E-state index contributed by atoms with van der Waals surface area (Å²) in [6.45, 7) is 11.6.